The Balaban J connectivity index is 1.68. The summed E-state index contributed by atoms with van der Waals surface area (Å²) >= 11 is 6.16. The number of carbonyl (C=O) groups excluding carboxylic acids is 1. The van der Waals surface area contributed by atoms with Gasteiger partial charge in [-0.05, 0) is 49.2 Å². The Labute approximate surface area is 197 Å². The Morgan fingerprint density at radius 3 is 2.58 bits per heavy atom. The van der Waals surface area contributed by atoms with Crippen molar-refractivity contribution in [3.05, 3.63) is 83.6 Å². The summed E-state index contributed by atoms with van der Waals surface area (Å²) in [5, 5.41) is 4.22. The molecule has 1 heterocycles. The second-order valence-electron chi connectivity index (χ2n) is 7.46. The summed E-state index contributed by atoms with van der Waals surface area (Å²) in [5.74, 6) is 0.935. The number of ether oxygens (including phenoxy) is 2. The van der Waals surface area contributed by atoms with E-state index in [0.717, 1.165) is 33.2 Å². The molecule has 0 fully saturated rings. The van der Waals surface area contributed by atoms with E-state index in [1.807, 2.05) is 56.3 Å². The Morgan fingerprint density at radius 1 is 1.09 bits per heavy atom. The molecule has 6 heteroatoms. The molecule has 0 saturated carbocycles. The number of halogens is 1. The van der Waals surface area contributed by atoms with E-state index in [9.17, 15) is 4.79 Å². The van der Waals surface area contributed by atoms with Gasteiger partial charge in [0.2, 0.25) is 5.91 Å². The van der Waals surface area contributed by atoms with Crippen molar-refractivity contribution >= 4 is 39.7 Å². The lowest BCUT2D eigenvalue weighted by molar-refractivity contribution is -0.111. The standard InChI is InChI=1S/C27H24ClNO4/c1-4-32-25-15-26-21(22(16-33-26)18-8-6-5-7-9-18)14-20(25)17(2)12-27(30)29-19-10-11-24(31-3)23(28)13-19/h5-16H,4H2,1-3H3,(H,29,30)/b17-12+. The maximum absolute atomic E-state index is 12.7. The van der Waals surface area contributed by atoms with Crippen LogP contribution in [0.25, 0.3) is 27.7 Å². The van der Waals surface area contributed by atoms with Gasteiger partial charge in [-0.25, -0.2) is 0 Å². The fourth-order valence-corrected chi connectivity index (χ4v) is 3.93. The molecule has 4 aromatic rings. The van der Waals surface area contributed by atoms with E-state index in [2.05, 4.69) is 5.32 Å². The normalized spacial score (nSPS) is 11.5. The zero-order chi connectivity index (χ0) is 23.4. The highest BCUT2D eigenvalue weighted by Gasteiger charge is 2.15. The van der Waals surface area contributed by atoms with Gasteiger partial charge in [-0.2, -0.15) is 0 Å². The van der Waals surface area contributed by atoms with Crippen molar-refractivity contribution in [3.63, 3.8) is 0 Å². The third-order valence-corrected chi connectivity index (χ3v) is 5.55. The first-order valence-corrected chi connectivity index (χ1v) is 10.9. The van der Waals surface area contributed by atoms with Gasteiger partial charge in [0, 0.05) is 34.3 Å². The number of methoxy groups -OCH3 is 1. The van der Waals surface area contributed by atoms with E-state index >= 15 is 0 Å². The van der Waals surface area contributed by atoms with Crippen LogP contribution in [0.4, 0.5) is 5.69 Å². The van der Waals surface area contributed by atoms with Crippen molar-refractivity contribution in [3.8, 4) is 22.6 Å². The maximum atomic E-state index is 12.7. The SMILES string of the molecule is CCOc1cc2occ(-c3ccccc3)c2cc1/C(C)=C/C(=O)Nc1ccc(OC)c(Cl)c1. The Morgan fingerprint density at radius 2 is 1.88 bits per heavy atom. The lowest BCUT2D eigenvalue weighted by atomic mass is 9.99. The summed E-state index contributed by atoms with van der Waals surface area (Å²) in [7, 11) is 1.54. The zero-order valence-electron chi connectivity index (χ0n) is 18.6. The number of hydrogen-bond acceptors (Lipinski definition) is 4. The monoisotopic (exact) mass is 461 g/mol. The largest absolute Gasteiger partial charge is 0.495 e. The number of nitrogens with one attached hydrogen (secondary N) is 1. The molecule has 0 aliphatic heterocycles. The van der Waals surface area contributed by atoms with E-state index in [0.29, 0.717) is 28.8 Å². The van der Waals surface area contributed by atoms with E-state index in [-0.39, 0.29) is 5.91 Å². The third kappa shape index (κ3) is 4.89. The Kier molecular flexibility index (Phi) is 6.71. The van der Waals surface area contributed by atoms with E-state index in [1.54, 1.807) is 37.6 Å². The molecule has 0 atom stereocenters. The number of allylic oxidation sites excluding steroid dienone is 1. The van der Waals surface area contributed by atoms with Crippen LogP contribution < -0.4 is 14.8 Å². The molecule has 0 unspecified atom stereocenters. The van der Waals surface area contributed by atoms with Crippen molar-refractivity contribution in [2.75, 3.05) is 19.0 Å². The molecule has 0 aliphatic rings. The van der Waals surface area contributed by atoms with Crippen LogP contribution in [0.15, 0.2) is 77.4 Å². The molecule has 0 aliphatic carbocycles. The third-order valence-electron chi connectivity index (χ3n) is 5.25. The number of rotatable bonds is 7. The van der Waals surface area contributed by atoms with Crippen molar-refractivity contribution in [1.82, 2.24) is 0 Å². The number of carbonyl (C=O) groups is 1. The first-order valence-electron chi connectivity index (χ1n) is 10.6. The van der Waals surface area contributed by atoms with Gasteiger partial charge in [-0.3, -0.25) is 4.79 Å². The molecular weight excluding hydrogens is 438 g/mol. The average Bonchev–Trinajstić information content (AvgIpc) is 3.22. The first-order chi connectivity index (χ1) is 16.0. The molecule has 1 N–H and O–H groups in total. The molecule has 0 spiro atoms. The Bertz CT molecular complexity index is 1320. The summed E-state index contributed by atoms with van der Waals surface area (Å²) in [6.07, 6.45) is 3.29. The van der Waals surface area contributed by atoms with Crippen LogP contribution in [0.5, 0.6) is 11.5 Å². The van der Waals surface area contributed by atoms with Gasteiger partial charge >= 0.3 is 0 Å². The molecule has 0 saturated heterocycles. The van der Waals surface area contributed by atoms with Gasteiger partial charge in [0.05, 0.1) is 25.0 Å². The molecular formula is C27H24ClNO4. The summed E-state index contributed by atoms with van der Waals surface area (Å²) in [6, 6.07) is 19.0. The highest BCUT2D eigenvalue weighted by atomic mass is 35.5. The highest BCUT2D eigenvalue weighted by molar-refractivity contribution is 6.32. The van der Waals surface area contributed by atoms with Gasteiger partial charge in [0.15, 0.2) is 0 Å². The van der Waals surface area contributed by atoms with E-state index in [1.165, 1.54) is 0 Å². The first kappa shape index (κ1) is 22.5. The van der Waals surface area contributed by atoms with E-state index < -0.39 is 0 Å². The van der Waals surface area contributed by atoms with Crippen LogP contribution >= 0.6 is 11.6 Å². The van der Waals surface area contributed by atoms with Crippen molar-refractivity contribution in [2.45, 2.75) is 13.8 Å². The minimum Gasteiger partial charge on any atom is -0.495 e. The van der Waals surface area contributed by atoms with Crippen molar-refractivity contribution < 1.29 is 18.7 Å². The molecule has 33 heavy (non-hydrogen) atoms. The number of benzene rings is 3. The minimum atomic E-state index is -0.272. The van der Waals surface area contributed by atoms with Crippen molar-refractivity contribution in [1.29, 1.82) is 0 Å². The lowest BCUT2D eigenvalue weighted by Crippen LogP contribution is -2.09. The van der Waals surface area contributed by atoms with Gasteiger partial charge < -0.3 is 19.2 Å². The summed E-state index contributed by atoms with van der Waals surface area (Å²) < 4.78 is 16.8. The topological polar surface area (TPSA) is 60.7 Å². The van der Waals surface area contributed by atoms with Crippen molar-refractivity contribution in [2.24, 2.45) is 0 Å². The van der Waals surface area contributed by atoms with Gasteiger partial charge in [0.1, 0.15) is 17.1 Å². The van der Waals surface area contributed by atoms with Crippen LogP contribution in [0, 0.1) is 0 Å². The summed E-state index contributed by atoms with van der Waals surface area (Å²) in [6.45, 7) is 4.30. The predicted molar refractivity (Wildman–Crippen MR) is 133 cm³/mol. The van der Waals surface area contributed by atoms with E-state index in [4.69, 9.17) is 25.5 Å². The number of fused-ring (bicyclic) bond motifs is 1. The summed E-state index contributed by atoms with van der Waals surface area (Å²) in [4.78, 5) is 12.7. The molecule has 4 rings (SSSR count). The second kappa shape index (κ2) is 9.84. The van der Waals surface area contributed by atoms with Gasteiger partial charge in [-0.15, -0.1) is 0 Å². The van der Waals surface area contributed by atoms with Crippen LogP contribution in [-0.4, -0.2) is 19.6 Å². The Hall–Kier alpha value is -3.70. The molecule has 0 bridgehead atoms. The number of amides is 1. The molecule has 1 aromatic heterocycles. The number of furan rings is 1. The smallest absolute Gasteiger partial charge is 0.248 e. The maximum Gasteiger partial charge on any atom is 0.248 e. The lowest BCUT2D eigenvalue weighted by Gasteiger charge is -2.12. The summed E-state index contributed by atoms with van der Waals surface area (Å²) in [5.41, 5.74) is 4.94. The fraction of sp³-hybridized carbons (Fsp3) is 0.148. The number of anilines is 1. The van der Waals surface area contributed by atoms with Crippen LogP contribution in [0.3, 0.4) is 0 Å². The van der Waals surface area contributed by atoms with Gasteiger partial charge in [0.25, 0.3) is 0 Å². The second-order valence-corrected chi connectivity index (χ2v) is 7.87. The van der Waals surface area contributed by atoms with Crippen LogP contribution in [-0.2, 0) is 4.79 Å². The minimum absolute atomic E-state index is 0.272. The molecule has 0 radical (unpaired) electrons. The highest BCUT2D eigenvalue weighted by Crippen LogP contribution is 2.37. The average molecular weight is 462 g/mol. The van der Waals surface area contributed by atoms with Gasteiger partial charge in [-0.1, -0.05) is 41.9 Å². The molecule has 168 valence electrons. The quantitative estimate of drug-likeness (QED) is 0.295. The molecule has 1 amide bonds. The predicted octanol–water partition coefficient (Wildman–Crippen LogP) is 7.20. The number of hydrogen-bond donors (Lipinski definition) is 1. The van der Waals surface area contributed by atoms with Crippen LogP contribution in [0.2, 0.25) is 5.02 Å². The van der Waals surface area contributed by atoms with Crippen LogP contribution in [0.1, 0.15) is 19.4 Å². The fourth-order valence-electron chi connectivity index (χ4n) is 3.68. The zero-order valence-corrected chi connectivity index (χ0v) is 19.4. The molecule has 5 nitrogen and oxygen atoms in total. The molecule has 3 aromatic carbocycles.